The van der Waals surface area contributed by atoms with Crippen LogP contribution in [-0.2, 0) is 0 Å². The van der Waals surface area contributed by atoms with Crippen LogP contribution in [-0.4, -0.2) is 46.1 Å². The molecule has 6 nitrogen and oxygen atoms in total. The summed E-state index contributed by atoms with van der Waals surface area (Å²) in [5.41, 5.74) is 2.00. The molecule has 0 saturated carbocycles. The van der Waals surface area contributed by atoms with Gasteiger partial charge in [0, 0.05) is 22.7 Å². The SMILES string of the molecule is COc1nc2ncnc(N[C@H](C)c3cccc(C(C)F)c3F)c2cc1C1CCN(C(C)C)CC1. The number of hydrogen-bond acceptors (Lipinski definition) is 6. The Kier molecular flexibility index (Phi) is 7.26. The Labute approximate surface area is 199 Å². The number of likely N-dealkylation sites (tertiary alicyclic amines) is 1. The molecule has 1 aromatic carbocycles. The first kappa shape index (κ1) is 24.3. The van der Waals surface area contributed by atoms with E-state index < -0.39 is 18.0 Å². The van der Waals surface area contributed by atoms with Gasteiger partial charge in [0.05, 0.1) is 18.5 Å². The molecular weight excluding hydrogens is 436 g/mol. The van der Waals surface area contributed by atoms with Gasteiger partial charge in [-0.1, -0.05) is 18.2 Å². The number of halogens is 2. The molecule has 3 heterocycles. The molecule has 1 aliphatic heterocycles. The van der Waals surface area contributed by atoms with Crippen LogP contribution in [0.5, 0.6) is 5.88 Å². The van der Waals surface area contributed by atoms with Crippen molar-refractivity contribution in [2.24, 2.45) is 0 Å². The lowest BCUT2D eigenvalue weighted by molar-refractivity contribution is 0.170. The summed E-state index contributed by atoms with van der Waals surface area (Å²) in [6, 6.07) is 6.97. The Morgan fingerprint density at radius 1 is 1.09 bits per heavy atom. The number of nitrogens with one attached hydrogen (secondary N) is 1. The lowest BCUT2D eigenvalue weighted by atomic mass is 9.89. The maximum Gasteiger partial charge on any atom is 0.218 e. The lowest BCUT2D eigenvalue weighted by Crippen LogP contribution is -2.37. The number of pyridine rings is 1. The van der Waals surface area contributed by atoms with Crippen molar-refractivity contribution in [3.8, 4) is 5.88 Å². The highest BCUT2D eigenvalue weighted by molar-refractivity contribution is 5.87. The highest BCUT2D eigenvalue weighted by Gasteiger charge is 2.26. The van der Waals surface area contributed by atoms with E-state index in [0.717, 1.165) is 36.9 Å². The van der Waals surface area contributed by atoms with E-state index in [1.807, 2.05) is 6.92 Å². The van der Waals surface area contributed by atoms with Crippen LogP contribution in [0.15, 0.2) is 30.6 Å². The molecule has 3 aromatic rings. The smallest absolute Gasteiger partial charge is 0.218 e. The second kappa shape index (κ2) is 10.2. The number of methoxy groups -OCH3 is 1. The number of anilines is 1. The fourth-order valence-electron chi connectivity index (χ4n) is 4.78. The van der Waals surface area contributed by atoms with Gasteiger partial charge < -0.3 is 15.0 Å². The zero-order chi connectivity index (χ0) is 24.4. The number of aromatic nitrogens is 3. The van der Waals surface area contributed by atoms with Gasteiger partial charge in [-0.25, -0.2) is 18.7 Å². The van der Waals surface area contributed by atoms with Gasteiger partial charge in [-0.05, 0) is 65.6 Å². The number of ether oxygens (including phenoxy) is 1. The zero-order valence-electron chi connectivity index (χ0n) is 20.5. The summed E-state index contributed by atoms with van der Waals surface area (Å²) in [4.78, 5) is 15.9. The van der Waals surface area contributed by atoms with Crippen LogP contribution in [0.2, 0.25) is 0 Å². The minimum atomic E-state index is -1.38. The van der Waals surface area contributed by atoms with Crippen molar-refractivity contribution >= 4 is 16.9 Å². The highest BCUT2D eigenvalue weighted by atomic mass is 19.1. The molecule has 1 fully saturated rings. The predicted molar refractivity (Wildman–Crippen MR) is 131 cm³/mol. The average molecular weight is 470 g/mol. The molecule has 0 spiro atoms. The van der Waals surface area contributed by atoms with Crippen LogP contribution >= 0.6 is 0 Å². The first-order chi connectivity index (χ1) is 16.3. The molecule has 0 radical (unpaired) electrons. The molecule has 182 valence electrons. The molecule has 34 heavy (non-hydrogen) atoms. The van der Waals surface area contributed by atoms with Gasteiger partial charge in [0.15, 0.2) is 5.65 Å². The van der Waals surface area contributed by atoms with Gasteiger partial charge in [-0.2, -0.15) is 4.98 Å². The Balaban J connectivity index is 1.67. The number of piperidine rings is 1. The van der Waals surface area contributed by atoms with Gasteiger partial charge in [0.1, 0.15) is 24.1 Å². The van der Waals surface area contributed by atoms with E-state index in [9.17, 15) is 8.78 Å². The van der Waals surface area contributed by atoms with E-state index in [1.54, 1.807) is 19.2 Å². The van der Waals surface area contributed by atoms with E-state index in [0.29, 0.717) is 34.9 Å². The number of fused-ring (bicyclic) bond motifs is 1. The number of rotatable bonds is 7. The zero-order valence-corrected chi connectivity index (χ0v) is 20.5. The van der Waals surface area contributed by atoms with Crippen LogP contribution in [0.25, 0.3) is 11.0 Å². The molecule has 1 unspecified atom stereocenters. The van der Waals surface area contributed by atoms with Crippen molar-refractivity contribution in [3.05, 3.63) is 53.1 Å². The maximum atomic E-state index is 14.9. The van der Waals surface area contributed by atoms with E-state index >= 15 is 0 Å². The Morgan fingerprint density at radius 3 is 2.44 bits per heavy atom. The van der Waals surface area contributed by atoms with Crippen molar-refractivity contribution < 1.29 is 13.5 Å². The third kappa shape index (κ3) is 4.82. The monoisotopic (exact) mass is 469 g/mol. The molecule has 1 N–H and O–H groups in total. The van der Waals surface area contributed by atoms with Gasteiger partial charge in [-0.3, -0.25) is 0 Å². The van der Waals surface area contributed by atoms with E-state index in [-0.39, 0.29) is 5.56 Å². The summed E-state index contributed by atoms with van der Waals surface area (Å²) < 4.78 is 34.4. The minimum absolute atomic E-state index is 0.0557. The number of benzene rings is 1. The van der Waals surface area contributed by atoms with Gasteiger partial charge >= 0.3 is 0 Å². The molecule has 0 amide bonds. The van der Waals surface area contributed by atoms with Crippen LogP contribution in [0, 0.1) is 5.82 Å². The van der Waals surface area contributed by atoms with Crippen LogP contribution < -0.4 is 10.1 Å². The van der Waals surface area contributed by atoms with Gasteiger partial charge in [-0.15, -0.1) is 0 Å². The lowest BCUT2D eigenvalue weighted by Gasteiger charge is -2.35. The largest absolute Gasteiger partial charge is 0.481 e. The number of alkyl halides is 1. The van der Waals surface area contributed by atoms with Crippen molar-refractivity contribution in [2.75, 3.05) is 25.5 Å². The van der Waals surface area contributed by atoms with Gasteiger partial charge in [0.2, 0.25) is 5.88 Å². The second-order valence-corrected chi connectivity index (χ2v) is 9.32. The van der Waals surface area contributed by atoms with Crippen LogP contribution in [0.3, 0.4) is 0 Å². The number of nitrogens with zero attached hydrogens (tertiary/aromatic N) is 4. The standard InChI is InChI=1S/C26H33F2N5O/c1-15(2)33-11-9-18(10-12-33)21-13-22-24(29-14-30-25(22)32-26(21)34-5)31-17(4)20-8-6-7-19(16(3)27)23(20)28/h6-8,13-18H,9-12H2,1-5H3,(H,29,30,31,32)/t16?,17-/m1/s1. The molecule has 8 heteroatoms. The van der Waals surface area contributed by atoms with Crippen molar-refractivity contribution in [3.63, 3.8) is 0 Å². The fourth-order valence-corrected chi connectivity index (χ4v) is 4.78. The highest BCUT2D eigenvalue weighted by Crippen LogP contribution is 2.37. The summed E-state index contributed by atoms with van der Waals surface area (Å²) in [5.74, 6) is 0.941. The third-order valence-electron chi connectivity index (χ3n) is 6.82. The molecule has 2 atom stereocenters. The van der Waals surface area contributed by atoms with Gasteiger partial charge in [0.25, 0.3) is 0 Å². The summed E-state index contributed by atoms with van der Waals surface area (Å²) in [6.07, 6.45) is 2.09. The predicted octanol–water partition coefficient (Wildman–Crippen LogP) is 5.96. The molecule has 1 saturated heterocycles. The molecule has 4 rings (SSSR count). The first-order valence-electron chi connectivity index (χ1n) is 11.9. The topological polar surface area (TPSA) is 63.2 Å². The normalized spacial score (nSPS) is 17.2. The van der Waals surface area contributed by atoms with Crippen LogP contribution in [0.1, 0.15) is 75.4 Å². The van der Waals surface area contributed by atoms with E-state index in [4.69, 9.17) is 4.74 Å². The Hall–Kier alpha value is -2.87. The van der Waals surface area contributed by atoms with E-state index in [2.05, 4.69) is 45.1 Å². The van der Waals surface area contributed by atoms with Crippen molar-refractivity contribution in [1.82, 2.24) is 19.9 Å². The maximum absolute atomic E-state index is 14.9. The summed E-state index contributed by atoms with van der Waals surface area (Å²) >= 11 is 0. The Morgan fingerprint density at radius 2 is 1.79 bits per heavy atom. The van der Waals surface area contributed by atoms with Crippen molar-refractivity contribution in [2.45, 2.75) is 64.7 Å². The van der Waals surface area contributed by atoms with Crippen molar-refractivity contribution in [1.29, 1.82) is 0 Å². The summed E-state index contributed by atoms with van der Waals surface area (Å²) in [7, 11) is 1.63. The molecule has 2 aromatic heterocycles. The molecule has 1 aliphatic rings. The molecular formula is C26H33F2N5O. The van der Waals surface area contributed by atoms with E-state index in [1.165, 1.54) is 19.3 Å². The minimum Gasteiger partial charge on any atom is -0.481 e. The average Bonchev–Trinajstić information content (AvgIpc) is 2.83. The summed E-state index contributed by atoms with van der Waals surface area (Å²) in [6.45, 7) is 9.67. The molecule has 0 aliphatic carbocycles. The summed E-state index contributed by atoms with van der Waals surface area (Å²) in [5, 5.41) is 4.05. The Bertz CT molecular complexity index is 1150. The fraction of sp³-hybridized carbons (Fsp3) is 0.500. The van der Waals surface area contributed by atoms with Crippen LogP contribution in [0.4, 0.5) is 14.6 Å². The quantitative estimate of drug-likeness (QED) is 0.460. The number of hydrogen-bond donors (Lipinski definition) is 1. The second-order valence-electron chi connectivity index (χ2n) is 9.32. The molecule has 0 bridgehead atoms. The third-order valence-corrected chi connectivity index (χ3v) is 6.82. The first-order valence-corrected chi connectivity index (χ1v) is 11.9.